The summed E-state index contributed by atoms with van der Waals surface area (Å²) >= 11 is 0. The Bertz CT molecular complexity index is 366. The van der Waals surface area contributed by atoms with Gasteiger partial charge in [0.05, 0.1) is 6.61 Å². The van der Waals surface area contributed by atoms with E-state index in [-0.39, 0.29) is 5.91 Å². The van der Waals surface area contributed by atoms with Crippen LogP contribution in [0.4, 0.5) is 0 Å². The van der Waals surface area contributed by atoms with E-state index in [1.54, 1.807) is 18.1 Å². The number of aromatic nitrogens is 3. The lowest BCUT2D eigenvalue weighted by Gasteiger charge is -2.16. The van der Waals surface area contributed by atoms with E-state index in [2.05, 4.69) is 10.1 Å². The SMILES string of the molecule is COC[C@@H]1CCN(C(=O)CCCn2cncn2)C1. The Balaban J connectivity index is 1.66. The van der Waals surface area contributed by atoms with Crippen molar-refractivity contribution in [2.75, 3.05) is 26.8 Å². The summed E-state index contributed by atoms with van der Waals surface area (Å²) in [5.41, 5.74) is 0. The third kappa shape index (κ3) is 3.53. The monoisotopic (exact) mass is 252 g/mol. The molecule has 0 bridgehead atoms. The predicted octanol–water partition coefficient (Wildman–Crippen LogP) is 0.553. The summed E-state index contributed by atoms with van der Waals surface area (Å²) in [7, 11) is 1.71. The van der Waals surface area contributed by atoms with E-state index in [1.165, 1.54) is 6.33 Å². The summed E-state index contributed by atoms with van der Waals surface area (Å²) < 4.78 is 6.88. The molecule has 1 aliphatic heterocycles. The number of hydrogen-bond acceptors (Lipinski definition) is 4. The Morgan fingerprint density at radius 2 is 2.44 bits per heavy atom. The van der Waals surface area contributed by atoms with Gasteiger partial charge in [0, 0.05) is 39.1 Å². The van der Waals surface area contributed by atoms with Gasteiger partial charge in [0.25, 0.3) is 0 Å². The Morgan fingerprint density at radius 1 is 1.56 bits per heavy atom. The minimum absolute atomic E-state index is 0.244. The molecule has 0 aromatic carbocycles. The molecule has 2 heterocycles. The zero-order chi connectivity index (χ0) is 12.8. The number of rotatable bonds is 6. The van der Waals surface area contributed by atoms with Gasteiger partial charge in [-0.2, -0.15) is 5.10 Å². The standard InChI is InChI=1S/C12H20N4O2/c1-18-8-11-4-6-15(7-11)12(17)3-2-5-16-10-13-9-14-16/h9-11H,2-8H2,1H3/t11-/m1/s1. The summed E-state index contributed by atoms with van der Waals surface area (Å²) in [5.74, 6) is 0.753. The summed E-state index contributed by atoms with van der Waals surface area (Å²) in [6.07, 6.45) is 5.64. The molecule has 1 saturated heterocycles. The number of carbonyl (C=O) groups is 1. The summed E-state index contributed by atoms with van der Waals surface area (Å²) in [6.45, 7) is 3.22. The first-order chi connectivity index (χ1) is 8.79. The molecule has 1 atom stereocenters. The van der Waals surface area contributed by atoms with Crippen molar-refractivity contribution < 1.29 is 9.53 Å². The van der Waals surface area contributed by atoms with Gasteiger partial charge in [0.15, 0.2) is 0 Å². The Labute approximate surface area is 107 Å². The van der Waals surface area contributed by atoms with Crippen LogP contribution in [0.3, 0.4) is 0 Å². The average molecular weight is 252 g/mol. The van der Waals surface area contributed by atoms with Gasteiger partial charge >= 0.3 is 0 Å². The van der Waals surface area contributed by atoms with Crippen molar-refractivity contribution >= 4 is 5.91 Å². The first-order valence-corrected chi connectivity index (χ1v) is 6.38. The molecule has 6 heteroatoms. The molecular weight excluding hydrogens is 232 g/mol. The number of ether oxygens (including phenoxy) is 1. The second-order valence-corrected chi connectivity index (χ2v) is 4.71. The van der Waals surface area contributed by atoms with Gasteiger partial charge < -0.3 is 9.64 Å². The van der Waals surface area contributed by atoms with Gasteiger partial charge in [0.1, 0.15) is 12.7 Å². The molecule has 0 N–H and O–H groups in total. The molecule has 1 aliphatic rings. The second kappa shape index (κ2) is 6.49. The van der Waals surface area contributed by atoms with Crippen LogP contribution in [0.5, 0.6) is 0 Å². The number of hydrogen-bond donors (Lipinski definition) is 0. The number of likely N-dealkylation sites (tertiary alicyclic amines) is 1. The third-order valence-electron chi connectivity index (χ3n) is 3.29. The Hall–Kier alpha value is -1.43. The molecule has 0 spiro atoms. The molecule has 1 aromatic heterocycles. The summed E-state index contributed by atoms with van der Waals surface area (Å²) in [6, 6.07) is 0. The van der Waals surface area contributed by atoms with Crippen LogP contribution >= 0.6 is 0 Å². The Kier molecular flexibility index (Phi) is 4.69. The van der Waals surface area contributed by atoms with Crippen LogP contribution in [-0.2, 0) is 16.1 Å². The van der Waals surface area contributed by atoms with Crippen molar-refractivity contribution in [1.82, 2.24) is 19.7 Å². The van der Waals surface area contributed by atoms with Gasteiger partial charge in [-0.05, 0) is 12.8 Å². The van der Waals surface area contributed by atoms with E-state index in [9.17, 15) is 4.79 Å². The topological polar surface area (TPSA) is 60.2 Å². The molecule has 18 heavy (non-hydrogen) atoms. The average Bonchev–Trinajstić information content (AvgIpc) is 3.00. The number of nitrogens with zero attached hydrogens (tertiary/aromatic N) is 4. The molecular formula is C12H20N4O2. The normalized spacial score (nSPS) is 19.4. The van der Waals surface area contributed by atoms with Crippen LogP contribution in [0.15, 0.2) is 12.7 Å². The van der Waals surface area contributed by atoms with E-state index >= 15 is 0 Å². The van der Waals surface area contributed by atoms with E-state index in [0.29, 0.717) is 12.3 Å². The molecule has 100 valence electrons. The van der Waals surface area contributed by atoms with Crippen LogP contribution in [0.1, 0.15) is 19.3 Å². The Morgan fingerprint density at radius 3 is 3.17 bits per heavy atom. The summed E-state index contributed by atoms with van der Waals surface area (Å²) in [4.78, 5) is 17.8. The van der Waals surface area contributed by atoms with E-state index in [1.807, 2.05) is 4.90 Å². The largest absolute Gasteiger partial charge is 0.384 e. The second-order valence-electron chi connectivity index (χ2n) is 4.71. The van der Waals surface area contributed by atoms with Crippen molar-refractivity contribution in [3.05, 3.63) is 12.7 Å². The van der Waals surface area contributed by atoms with Crippen molar-refractivity contribution in [3.8, 4) is 0 Å². The van der Waals surface area contributed by atoms with Crippen LogP contribution in [-0.4, -0.2) is 52.4 Å². The fourth-order valence-corrected chi connectivity index (χ4v) is 2.33. The van der Waals surface area contributed by atoms with Crippen molar-refractivity contribution in [2.24, 2.45) is 5.92 Å². The van der Waals surface area contributed by atoms with Crippen LogP contribution in [0.2, 0.25) is 0 Å². The first kappa shape index (κ1) is 13.0. The predicted molar refractivity (Wildman–Crippen MR) is 65.8 cm³/mol. The molecule has 2 rings (SSSR count). The lowest BCUT2D eigenvalue weighted by molar-refractivity contribution is -0.130. The van der Waals surface area contributed by atoms with Crippen molar-refractivity contribution in [2.45, 2.75) is 25.8 Å². The molecule has 0 unspecified atom stereocenters. The minimum atomic E-state index is 0.244. The lowest BCUT2D eigenvalue weighted by Crippen LogP contribution is -2.29. The molecule has 1 amide bonds. The molecule has 6 nitrogen and oxygen atoms in total. The lowest BCUT2D eigenvalue weighted by atomic mass is 10.1. The fraction of sp³-hybridized carbons (Fsp3) is 0.750. The number of aryl methyl sites for hydroxylation is 1. The van der Waals surface area contributed by atoms with Crippen molar-refractivity contribution in [3.63, 3.8) is 0 Å². The highest BCUT2D eigenvalue weighted by molar-refractivity contribution is 5.76. The highest BCUT2D eigenvalue weighted by Crippen LogP contribution is 2.17. The molecule has 1 aromatic rings. The van der Waals surface area contributed by atoms with Crippen LogP contribution in [0, 0.1) is 5.92 Å². The smallest absolute Gasteiger partial charge is 0.222 e. The van der Waals surface area contributed by atoms with E-state index < -0.39 is 0 Å². The van der Waals surface area contributed by atoms with Crippen molar-refractivity contribution in [1.29, 1.82) is 0 Å². The number of carbonyl (C=O) groups excluding carboxylic acids is 1. The number of amides is 1. The molecule has 1 fully saturated rings. The molecule has 0 saturated carbocycles. The van der Waals surface area contributed by atoms with Crippen LogP contribution < -0.4 is 0 Å². The highest BCUT2D eigenvalue weighted by atomic mass is 16.5. The van der Waals surface area contributed by atoms with E-state index in [0.717, 1.165) is 39.1 Å². The third-order valence-corrected chi connectivity index (χ3v) is 3.29. The maximum atomic E-state index is 12.0. The zero-order valence-electron chi connectivity index (χ0n) is 10.8. The summed E-state index contributed by atoms with van der Waals surface area (Å²) in [5, 5.41) is 4.01. The van der Waals surface area contributed by atoms with Gasteiger partial charge in [-0.1, -0.05) is 0 Å². The van der Waals surface area contributed by atoms with Crippen LogP contribution in [0.25, 0.3) is 0 Å². The number of methoxy groups -OCH3 is 1. The first-order valence-electron chi connectivity index (χ1n) is 6.38. The van der Waals surface area contributed by atoms with E-state index in [4.69, 9.17) is 4.74 Å². The zero-order valence-corrected chi connectivity index (χ0v) is 10.8. The maximum Gasteiger partial charge on any atom is 0.222 e. The highest BCUT2D eigenvalue weighted by Gasteiger charge is 2.25. The van der Waals surface area contributed by atoms with Gasteiger partial charge in [-0.15, -0.1) is 0 Å². The van der Waals surface area contributed by atoms with Gasteiger partial charge in [-0.25, -0.2) is 4.98 Å². The molecule has 0 radical (unpaired) electrons. The van der Waals surface area contributed by atoms with Gasteiger partial charge in [0.2, 0.25) is 5.91 Å². The molecule has 0 aliphatic carbocycles. The quantitative estimate of drug-likeness (QED) is 0.742. The van der Waals surface area contributed by atoms with Gasteiger partial charge in [-0.3, -0.25) is 9.48 Å². The maximum absolute atomic E-state index is 12.0. The minimum Gasteiger partial charge on any atom is -0.384 e. The fourth-order valence-electron chi connectivity index (χ4n) is 2.33.